The molecule has 0 N–H and O–H groups in total. The quantitative estimate of drug-likeness (QED) is 0.739. The van der Waals surface area contributed by atoms with E-state index in [0.29, 0.717) is 11.8 Å². The zero-order valence-electron chi connectivity index (χ0n) is 14.8. The van der Waals surface area contributed by atoms with Gasteiger partial charge in [0.15, 0.2) is 11.5 Å². The van der Waals surface area contributed by atoms with Crippen molar-refractivity contribution in [3.8, 4) is 17.2 Å². The molecule has 0 aliphatic heterocycles. The van der Waals surface area contributed by atoms with Crippen LogP contribution in [0.4, 0.5) is 0 Å². The monoisotopic (exact) mass is 343 g/mol. The van der Waals surface area contributed by atoms with Crippen molar-refractivity contribution in [3.63, 3.8) is 0 Å². The molecule has 0 bridgehead atoms. The highest BCUT2D eigenvalue weighted by Gasteiger charge is 2.21. The Morgan fingerprint density at radius 2 is 1.52 bits per heavy atom. The second-order valence-corrected chi connectivity index (χ2v) is 5.89. The maximum atomic E-state index is 5.46. The van der Waals surface area contributed by atoms with Crippen LogP contribution in [-0.4, -0.2) is 38.8 Å². The van der Waals surface area contributed by atoms with E-state index in [4.69, 9.17) is 14.2 Å². The van der Waals surface area contributed by atoms with Gasteiger partial charge in [0.2, 0.25) is 5.75 Å². The molecule has 132 valence electrons. The molecular formula is C18H30ClNO3. The molecule has 1 aromatic carbocycles. The minimum Gasteiger partial charge on any atom is -0.493 e. The van der Waals surface area contributed by atoms with Crippen LogP contribution < -0.4 is 14.2 Å². The average molecular weight is 344 g/mol. The molecule has 1 fully saturated rings. The van der Waals surface area contributed by atoms with Gasteiger partial charge in [-0.3, -0.25) is 4.90 Å². The second kappa shape index (κ2) is 9.89. The van der Waals surface area contributed by atoms with Gasteiger partial charge in [0.25, 0.3) is 0 Å². The van der Waals surface area contributed by atoms with E-state index >= 15 is 0 Å². The van der Waals surface area contributed by atoms with Crippen LogP contribution in [0.15, 0.2) is 12.1 Å². The number of methoxy groups -OCH3 is 3. The van der Waals surface area contributed by atoms with E-state index in [1.807, 2.05) is 0 Å². The SMILES string of the molecule is CCN(Cc1cc(OC)c(OC)c(OC)c1)C1CCCCC1.Cl. The first-order valence-corrected chi connectivity index (χ1v) is 8.26. The van der Waals surface area contributed by atoms with Crippen molar-refractivity contribution in [1.82, 2.24) is 4.90 Å². The van der Waals surface area contributed by atoms with Crippen molar-refractivity contribution in [2.24, 2.45) is 0 Å². The molecule has 0 saturated heterocycles. The van der Waals surface area contributed by atoms with Gasteiger partial charge in [-0.05, 0) is 37.1 Å². The van der Waals surface area contributed by atoms with Gasteiger partial charge in [-0.2, -0.15) is 0 Å². The van der Waals surface area contributed by atoms with E-state index in [1.165, 1.54) is 37.7 Å². The van der Waals surface area contributed by atoms with Crippen molar-refractivity contribution < 1.29 is 14.2 Å². The van der Waals surface area contributed by atoms with Crippen molar-refractivity contribution in [2.75, 3.05) is 27.9 Å². The van der Waals surface area contributed by atoms with E-state index in [-0.39, 0.29) is 12.4 Å². The van der Waals surface area contributed by atoms with Crippen molar-refractivity contribution in [1.29, 1.82) is 0 Å². The Labute approximate surface area is 146 Å². The summed E-state index contributed by atoms with van der Waals surface area (Å²) in [7, 11) is 4.97. The van der Waals surface area contributed by atoms with Gasteiger partial charge < -0.3 is 14.2 Å². The Kier molecular flexibility index (Phi) is 8.56. The number of nitrogens with zero attached hydrogens (tertiary/aromatic N) is 1. The molecule has 1 saturated carbocycles. The van der Waals surface area contributed by atoms with Gasteiger partial charge >= 0.3 is 0 Å². The lowest BCUT2D eigenvalue weighted by molar-refractivity contribution is 0.155. The lowest BCUT2D eigenvalue weighted by Gasteiger charge is -2.33. The standard InChI is InChI=1S/C18H29NO3.ClH/c1-5-19(15-9-7-6-8-10-15)13-14-11-16(20-2)18(22-4)17(12-14)21-3;/h11-12,15H,5-10,13H2,1-4H3;1H. The minimum atomic E-state index is 0. The fraction of sp³-hybridized carbons (Fsp3) is 0.667. The van der Waals surface area contributed by atoms with Crippen LogP contribution in [0, 0.1) is 0 Å². The van der Waals surface area contributed by atoms with Gasteiger partial charge in [0, 0.05) is 12.6 Å². The molecular weight excluding hydrogens is 314 g/mol. The maximum absolute atomic E-state index is 5.46. The molecule has 0 heterocycles. The lowest BCUT2D eigenvalue weighted by atomic mass is 9.94. The van der Waals surface area contributed by atoms with Gasteiger partial charge in [-0.25, -0.2) is 0 Å². The molecule has 2 rings (SSSR count). The number of rotatable bonds is 7. The topological polar surface area (TPSA) is 30.9 Å². The summed E-state index contributed by atoms with van der Waals surface area (Å²) in [6, 6.07) is 4.83. The summed E-state index contributed by atoms with van der Waals surface area (Å²) < 4.78 is 16.3. The fourth-order valence-corrected chi connectivity index (χ4v) is 3.41. The first kappa shape index (κ1) is 19.9. The molecule has 4 nitrogen and oxygen atoms in total. The molecule has 0 spiro atoms. The first-order valence-electron chi connectivity index (χ1n) is 8.26. The highest BCUT2D eigenvalue weighted by atomic mass is 35.5. The number of hydrogen-bond acceptors (Lipinski definition) is 4. The Morgan fingerprint density at radius 1 is 0.957 bits per heavy atom. The zero-order valence-corrected chi connectivity index (χ0v) is 15.6. The van der Waals surface area contributed by atoms with Crippen molar-refractivity contribution in [2.45, 2.75) is 51.6 Å². The average Bonchev–Trinajstić information content (AvgIpc) is 2.59. The van der Waals surface area contributed by atoms with E-state index < -0.39 is 0 Å². The van der Waals surface area contributed by atoms with Crippen LogP contribution >= 0.6 is 12.4 Å². The highest BCUT2D eigenvalue weighted by molar-refractivity contribution is 5.85. The summed E-state index contributed by atoms with van der Waals surface area (Å²) in [5.41, 5.74) is 1.21. The first-order chi connectivity index (χ1) is 10.7. The Balaban J connectivity index is 0.00000264. The van der Waals surface area contributed by atoms with Gasteiger partial charge in [0.1, 0.15) is 0 Å². The van der Waals surface area contributed by atoms with E-state index in [1.54, 1.807) is 21.3 Å². The molecule has 0 atom stereocenters. The Hall–Kier alpha value is -1.13. The summed E-state index contributed by atoms with van der Waals surface area (Å²) in [5, 5.41) is 0. The summed E-state index contributed by atoms with van der Waals surface area (Å²) in [6.45, 7) is 4.24. The van der Waals surface area contributed by atoms with Crippen LogP contribution in [0.1, 0.15) is 44.6 Å². The van der Waals surface area contributed by atoms with Crippen molar-refractivity contribution in [3.05, 3.63) is 17.7 Å². The normalized spacial score (nSPS) is 15.2. The molecule has 1 aliphatic carbocycles. The highest BCUT2D eigenvalue weighted by Crippen LogP contribution is 2.38. The Bertz CT molecular complexity index is 450. The van der Waals surface area contributed by atoms with E-state index in [2.05, 4.69) is 24.0 Å². The van der Waals surface area contributed by atoms with Crippen LogP contribution in [0.5, 0.6) is 17.2 Å². The second-order valence-electron chi connectivity index (χ2n) is 5.89. The third-order valence-electron chi connectivity index (χ3n) is 4.61. The zero-order chi connectivity index (χ0) is 15.9. The smallest absolute Gasteiger partial charge is 0.203 e. The molecule has 5 heteroatoms. The number of ether oxygens (including phenoxy) is 3. The van der Waals surface area contributed by atoms with Crippen LogP contribution in [0.3, 0.4) is 0 Å². The summed E-state index contributed by atoms with van der Waals surface area (Å²) in [6.07, 6.45) is 6.74. The third-order valence-corrected chi connectivity index (χ3v) is 4.61. The van der Waals surface area contributed by atoms with Crippen LogP contribution in [-0.2, 0) is 6.54 Å². The lowest BCUT2D eigenvalue weighted by Crippen LogP contribution is -2.36. The van der Waals surface area contributed by atoms with Crippen LogP contribution in [0.25, 0.3) is 0 Å². The predicted octanol–water partition coefficient (Wildman–Crippen LogP) is 4.29. The summed E-state index contributed by atoms with van der Waals surface area (Å²) in [4.78, 5) is 2.57. The molecule has 0 unspecified atom stereocenters. The third kappa shape index (κ3) is 4.92. The molecule has 1 aromatic rings. The predicted molar refractivity (Wildman–Crippen MR) is 96.3 cm³/mol. The summed E-state index contributed by atoms with van der Waals surface area (Å²) >= 11 is 0. The fourth-order valence-electron chi connectivity index (χ4n) is 3.41. The molecule has 23 heavy (non-hydrogen) atoms. The molecule has 0 radical (unpaired) electrons. The number of benzene rings is 1. The van der Waals surface area contributed by atoms with Crippen LogP contribution in [0.2, 0.25) is 0 Å². The van der Waals surface area contributed by atoms with E-state index in [9.17, 15) is 0 Å². The molecule has 0 aromatic heterocycles. The van der Waals surface area contributed by atoms with Gasteiger partial charge in [-0.1, -0.05) is 26.2 Å². The Morgan fingerprint density at radius 3 is 1.96 bits per heavy atom. The van der Waals surface area contributed by atoms with Gasteiger partial charge in [-0.15, -0.1) is 12.4 Å². The number of halogens is 1. The maximum Gasteiger partial charge on any atom is 0.203 e. The van der Waals surface area contributed by atoms with E-state index in [0.717, 1.165) is 24.6 Å². The largest absolute Gasteiger partial charge is 0.493 e. The number of hydrogen-bond donors (Lipinski definition) is 0. The summed E-state index contributed by atoms with van der Waals surface area (Å²) in [5.74, 6) is 2.13. The van der Waals surface area contributed by atoms with Gasteiger partial charge in [0.05, 0.1) is 21.3 Å². The molecule has 1 aliphatic rings. The van der Waals surface area contributed by atoms with Crippen molar-refractivity contribution >= 4 is 12.4 Å². The molecule has 0 amide bonds. The minimum absolute atomic E-state index is 0.